The van der Waals surface area contributed by atoms with E-state index < -0.39 is 0 Å². The molecule has 2 aromatic carbocycles. The van der Waals surface area contributed by atoms with Crippen molar-refractivity contribution < 1.29 is 4.79 Å². The lowest BCUT2D eigenvalue weighted by Crippen LogP contribution is -2.14. The van der Waals surface area contributed by atoms with Crippen molar-refractivity contribution >= 4 is 57.0 Å². The summed E-state index contributed by atoms with van der Waals surface area (Å²) in [5, 5.41) is 12.7. The fourth-order valence-corrected chi connectivity index (χ4v) is 4.85. The number of rotatable bonds is 6. The summed E-state index contributed by atoms with van der Waals surface area (Å²) >= 11 is 7.47. The van der Waals surface area contributed by atoms with Crippen LogP contribution in [0.15, 0.2) is 66.9 Å². The number of fused-ring (bicyclic) bond motifs is 1. The Balaban J connectivity index is 1.34. The Hall–Kier alpha value is -3.81. The third-order valence-electron chi connectivity index (χ3n) is 5.25. The number of carbonyl (C=O) groups excluding carboxylic acids is 1. The Morgan fingerprint density at radius 3 is 2.85 bits per heavy atom. The van der Waals surface area contributed by atoms with Crippen LogP contribution in [-0.4, -0.2) is 26.1 Å². The van der Waals surface area contributed by atoms with Crippen LogP contribution in [0, 0.1) is 6.92 Å². The summed E-state index contributed by atoms with van der Waals surface area (Å²) in [5.74, 6) is -0.129. The second-order valence-electron chi connectivity index (χ2n) is 7.75. The van der Waals surface area contributed by atoms with E-state index in [1.54, 1.807) is 18.3 Å². The molecule has 0 fully saturated rings. The molecule has 8 heteroatoms. The lowest BCUT2D eigenvalue weighted by atomic mass is 10.1. The quantitative estimate of drug-likeness (QED) is 0.291. The van der Waals surface area contributed by atoms with Crippen LogP contribution in [-0.2, 0) is 11.2 Å². The van der Waals surface area contributed by atoms with Gasteiger partial charge in [0.25, 0.3) is 0 Å². The van der Waals surface area contributed by atoms with E-state index in [1.165, 1.54) is 11.3 Å². The molecule has 0 radical (unpaired) electrons. The smallest absolute Gasteiger partial charge is 0.230 e. The standard InChI is InChI=1S/C26H20ClN5OS/c1-16-25(34-26(29-16)30-24(33)14-17-5-4-6-19(27)13-17)18-8-10-21-22(31-32-23(21)15-18)11-9-20-7-2-3-12-28-20/h2-13,15H,14H2,1H3,(H,31,32)(H,29,30,33)/b11-9+. The van der Waals surface area contributed by atoms with Crippen LogP contribution in [0.1, 0.15) is 22.6 Å². The van der Waals surface area contributed by atoms with E-state index in [4.69, 9.17) is 11.6 Å². The Labute approximate surface area is 205 Å². The molecule has 0 aliphatic heterocycles. The number of benzene rings is 2. The first-order valence-electron chi connectivity index (χ1n) is 10.6. The van der Waals surface area contributed by atoms with Gasteiger partial charge in [-0.3, -0.25) is 14.9 Å². The number of aryl methyl sites for hydroxylation is 1. The van der Waals surface area contributed by atoms with Gasteiger partial charge in [-0.05, 0) is 66.6 Å². The summed E-state index contributed by atoms with van der Waals surface area (Å²) in [6, 6.07) is 19.2. The predicted molar refractivity (Wildman–Crippen MR) is 139 cm³/mol. The maximum atomic E-state index is 12.5. The lowest BCUT2D eigenvalue weighted by molar-refractivity contribution is -0.115. The minimum absolute atomic E-state index is 0.129. The molecular weight excluding hydrogens is 466 g/mol. The summed E-state index contributed by atoms with van der Waals surface area (Å²) in [7, 11) is 0. The molecule has 34 heavy (non-hydrogen) atoms. The highest BCUT2D eigenvalue weighted by atomic mass is 35.5. The number of thiazole rings is 1. The molecule has 0 aliphatic rings. The Kier molecular flexibility index (Phi) is 6.20. The molecule has 6 nitrogen and oxygen atoms in total. The number of aromatic nitrogens is 4. The number of hydrogen-bond acceptors (Lipinski definition) is 5. The van der Waals surface area contributed by atoms with Crippen LogP contribution in [0.5, 0.6) is 0 Å². The molecule has 0 bridgehead atoms. The number of hydrogen-bond donors (Lipinski definition) is 2. The summed E-state index contributed by atoms with van der Waals surface area (Å²) < 4.78 is 0. The predicted octanol–water partition coefficient (Wildman–Crippen LogP) is 6.39. The van der Waals surface area contributed by atoms with Crippen molar-refractivity contribution in [1.82, 2.24) is 20.2 Å². The lowest BCUT2D eigenvalue weighted by Gasteiger charge is -2.02. The first-order valence-corrected chi connectivity index (χ1v) is 11.8. The van der Waals surface area contributed by atoms with Gasteiger partial charge < -0.3 is 5.32 Å². The van der Waals surface area contributed by atoms with Gasteiger partial charge in [-0.1, -0.05) is 47.2 Å². The molecule has 5 rings (SSSR count). The van der Waals surface area contributed by atoms with Gasteiger partial charge in [0.2, 0.25) is 5.91 Å². The molecule has 0 aliphatic carbocycles. The fourth-order valence-electron chi connectivity index (χ4n) is 3.66. The van der Waals surface area contributed by atoms with E-state index in [-0.39, 0.29) is 12.3 Å². The number of carbonyl (C=O) groups is 1. The van der Waals surface area contributed by atoms with Crippen molar-refractivity contribution in [3.05, 3.63) is 94.5 Å². The summed E-state index contributed by atoms with van der Waals surface area (Å²) in [6.45, 7) is 1.94. The van der Waals surface area contributed by atoms with Crippen LogP contribution >= 0.6 is 22.9 Å². The average Bonchev–Trinajstić information content (AvgIpc) is 3.40. The molecule has 0 saturated carbocycles. The maximum absolute atomic E-state index is 12.5. The Morgan fingerprint density at radius 1 is 1.12 bits per heavy atom. The monoisotopic (exact) mass is 485 g/mol. The van der Waals surface area contributed by atoms with E-state index in [9.17, 15) is 4.79 Å². The van der Waals surface area contributed by atoms with Crippen LogP contribution in [0.25, 0.3) is 33.5 Å². The first-order chi connectivity index (χ1) is 16.5. The maximum Gasteiger partial charge on any atom is 0.230 e. The summed E-state index contributed by atoms with van der Waals surface area (Å²) in [5.41, 5.74) is 5.38. The zero-order chi connectivity index (χ0) is 23.5. The van der Waals surface area contributed by atoms with Crippen LogP contribution < -0.4 is 5.32 Å². The number of nitrogens with one attached hydrogen (secondary N) is 2. The van der Waals surface area contributed by atoms with Gasteiger partial charge in [0.15, 0.2) is 5.13 Å². The van der Waals surface area contributed by atoms with Crippen molar-refractivity contribution in [3.63, 3.8) is 0 Å². The van der Waals surface area contributed by atoms with Gasteiger partial charge in [-0.25, -0.2) is 4.98 Å². The van der Waals surface area contributed by atoms with Crippen molar-refractivity contribution in [2.45, 2.75) is 13.3 Å². The zero-order valence-electron chi connectivity index (χ0n) is 18.2. The van der Waals surface area contributed by atoms with Gasteiger partial charge in [0.05, 0.1) is 33.9 Å². The van der Waals surface area contributed by atoms with Gasteiger partial charge in [0.1, 0.15) is 0 Å². The second kappa shape index (κ2) is 9.59. The molecule has 0 atom stereocenters. The van der Waals surface area contributed by atoms with Gasteiger partial charge in [0, 0.05) is 16.6 Å². The van der Waals surface area contributed by atoms with Gasteiger partial charge in [-0.15, -0.1) is 0 Å². The number of halogens is 1. The summed E-state index contributed by atoms with van der Waals surface area (Å²) in [6.07, 6.45) is 5.89. The minimum Gasteiger partial charge on any atom is -0.302 e. The third kappa shape index (κ3) is 4.90. The minimum atomic E-state index is -0.129. The second-order valence-corrected chi connectivity index (χ2v) is 9.18. The highest BCUT2D eigenvalue weighted by Gasteiger charge is 2.14. The SMILES string of the molecule is Cc1nc(NC(=O)Cc2cccc(Cl)c2)sc1-c1ccc2c(/C=C/c3ccccn3)n[nH]c2c1. The third-order valence-corrected chi connectivity index (χ3v) is 6.61. The van der Waals surface area contributed by atoms with Crippen molar-refractivity contribution in [1.29, 1.82) is 0 Å². The van der Waals surface area contributed by atoms with E-state index in [2.05, 4.69) is 31.5 Å². The van der Waals surface area contributed by atoms with E-state index in [1.807, 2.05) is 61.5 Å². The number of amides is 1. The van der Waals surface area contributed by atoms with Crippen molar-refractivity contribution in [3.8, 4) is 10.4 Å². The van der Waals surface area contributed by atoms with E-state index in [0.717, 1.165) is 44.0 Å². The van der Waals surface area contributed by atoms with Crippen LogP contribution in [0.4, 0.5) is 5.13 Å². The Morgan fingerprint density at radius 2 is 2.03 bits per heavy atom. The fraction of sp³-hybridized carbons (Fsp3) is 0.0769. The van der Waals surface area contributed by atoms with Gasteiger partial charge in [-0.2, -0.15) is 5.10 Å². The molecule has 0 spiro atoms. The normalized spacial score (nSPS) is 11.4. The molecule has 3 aromatic heterocycles. The topological polar surface area (TPSA) is 83.6 Å². The average molecular weight is 486 g/mol. The number of anilines is 1. The Bertz CT molecular complexity index is 1510. The molecule has 5 aromatic rings. The number of nitrogens with zero attached hydrogens (tertiary/aromatic N) is 3. The number of pyridine rings is 1. The van der Waals surface area contributed by atoms with E-state index in [0.29, 0.717) is 10.2 Å². The molecule has 0 saturated heterocycles. The molecule has 1 amide bonds. The van der Waals surface area contributed by atoms with E-state index >= 15 is 0 Å². The molecule has 0 unspecified atom stereocenters. The van der Waals surface area contributed by atoms with Crippen molar-refractivity contribution in [2.24, 2.45) is 0 Å². The molecule has 3 heterocycles. The highest BCUT2D eigenvalue weighted by Crippen LogP contribution is 2.34. The first kappa shape index (κ1) is 22.0. The highest BCUT2D eigenvalue weighted by molar-refractivity contribution is 7.19. The summed E-state index contributed by atoms with van der Waals surface area (Å²) in [4.78, 5) is 22.3. The van der Waals surface area contributed by atoms with Gasteiger partial charge >= 0.3 is 0 Å². The largest absolute Gasteiger partial charge is 0.302 e. The van der Waals surface area contributed by atoms with Crippen LogP contribution in [0.3, 0.4) is 0 Å². The number of aromatic amines is 1. The van der Waals surface area contributed by atoms with Crippen LogP contribution in [0.2, 0.25) is 5.02 Å². The van der Waals surface area contributed by atoms with Crippen molar-refractivity contribution in [2.75, 3.05) is 5.32 Å². The molecule has 2 N–H and O–H groups in total. The zero-order valence-corrected chi connectivity index (χ0v) is 19.8. The number of H-pyrrole nitrogens is 1. The molecule has 168 valence electrons. The molecular formula is C26H20ClN5OS.